The molecule has 0 aliphatic heterocycles. The molecule has 0 aromatic heterocycles. The zero-order chi connectivity index (χ0) is 19.1. The first kappa shape index (κ1) is 19.0. The zero-order valence-electron chi connectivity index (χ0n) is 14.9. The third-order valence-electron chi connectivity index (χ3n) is 3.60. The molecule has 1 N–H and O–H groups in total. The number of Topliss-reactive ketones (excluding diaryl/α,β-unsaturated/α-hetero) is 1. The van der Waals surface area contributed by atoms with Gasteiger partial charge < -0.3 is 14.8 Å². The monoisotopic (exact) mass is 352 g/mol. The summed E-state index contributed by atoms with van der Waals surface area (Å²) in [5.41, 5.74) is 1.59. The van der Waals surface area contributed by atoms with Gasteiger partial charge in [0.1, 0.15) is 0 Å². The number of ether oxygens (including phenoxy) is 2. The van der Waals surface area contributed by atoms with Gasteiger partial charge in [0.15, 0.2) is 23.4 Å². The molecule has 0 aliphatic rings. The Kier molecular flexibility index (Phi) is 6.34. The molecule has 6 heteroatoms. The maximum absolute atomic E-state index is 12.3. The minimum absolute atomic E-state index is 0.0381. The number of hydrogen-bond acceptors (Lipinski definition) is 5. The van der Waals surface area contributed by atoms with Crippen LogP contribution in [0.25, 0.3) is 0 Å². The highest BCUT2D eigenvalue weighted by molar-refractivity contribution is 5.96. The summed E-state index contributed by atoms with van der Waals surface area (Å²) in [5, 5.41) is 11.7. The van der Waals surface area contributed by atoms with Crippen molar-refractivity contribution in [3.63, 3.8) is 0 Å². The molecule has 1 amide bonds. The van der Waals surface area contributed by atoms with Crippen molar-refractivity contribution < 1.29 is 19.1 Å². The van der Waals surface area contributed by atoms with E-state index in [0.717, 1.165) is 0 Å². The van der Waals surface area contributed by atoms with Crippen LogP contribution in [0.4, 0.5) is 5.69 Å². The third kappa shape index (κ3) is 4.84. The Balaban J connectivity index is 2.07. The average Bonchev–Trinajstić information content (AvgIpc) is 2.63. The minimum atomic E-state index is -0.783. The molecule has 2 aromatic carbocycles. The van der Waals surface area contributed by atoms with Crippen molar-refractivity contribution in [3.8, 4) is 17.6 Å². The first-order valence-electron chi connectivity index (χ1n) is 8.20. The minimum Gasteiger partial charge on any atom is -0.490 e. The Morgan fingerprint density at radius 1 is 1.15 bits per heavy atom. The van der Waals surface area contributed by atoms with Gasteiger partial charge >= 0.3 is 0 Å². The lowest BCUT2D eigenvalue weighted by atomic mass is 10.1. The molecule has 0 spiro atoms. The van der Waals surface area contributed by atoms with Gasteiger partial charge in [-0.2, -0.15) is 5.26 Å². The summed E-state index contributed by atoms with van der Waals surface area (Å²) in [6.07, 6.45) is -0.783. The van der Waals surface area contributed by atoms with Crippen LogP contribution < -0.4 is 14.8 Å². The number of nitrogens with one attached hydrogen (secondary N) is 1. The van der Waals surface area contributed by atoms with Gasteiger partial charge in [-0.1, -0.05) is 0 Å². The molecule has 0 fully saturated rings. The van der Waals surface area contributed by atoms with Crippen LogP contribution >= 0.6 is 0 Å². The van der Waals surface area contributed by atoms with Crippen molar-refractivity contribution in [1.29, 1.82) is 5.26 Å². The molecule has 26 heavy (non-hydrogen) atoms. The molecule has 134 valence electrons. The van der Waals surface area contributed by atoms with E-state index in [0.29, 0.717) is 34.9 Å². The largest absolute Gasteiger partial charge is 0.490 e. The molecular formula is C20H20N2O4. The molecule has 1 atom stereocenters. The van der Waals surface area contributed by atoms with Crippen molar-refractivity contribution in [2.45, 2.75) is 26.9 Å². The lowest BCUT2D eigenvalue weighted by molar-refractivity contribution is -0.122. The molecule has 0 saturated carbocycles. The predicted molar refractivity (Wildman–Crippen MR) is 97.5 cm³/mol. The van der Waals surface area contributed by atoms with Gasteiger partial charge in [-0.05, 0) is 57.2 Å². The Morgan fingerprint density at radius 2 is 1.85 bits per heavy atom. The number of nitrogens with zero attached hydrogens (tertiary/aromatic N) is 1. The van der Waals surface area contributed by atoms with Crippen LogP contribution in [0.2, 0.25) is 0 Å². The summed E-state index contributed by atoms with van der Waals surface area (Å²) < 4.78 is 11.2. The average molecular weight is 352 g/mol. The topological polar surface area (TPSA) is 88.4 Å². The van der Waals surface area contributed by atoms with Gasteiger partial charge in [0.05, 0.1) is 18.2 Å². The molecule has 0 aliphatic carbocycles. The first-order chi connectivity index (χ1) is 12.4. The summed E-state index contributed by atoms with van der Waals surface area (Å²) in [7, 11) is 0. The van der Waals surface area contributed by atoms with Gasteiger partial charge in [0.25, 0.3) is 5.91 Å². The van der Waals surface area contributed by atoms with Gasteiger partial charge in [-0.15, -0.1) is 0 Å². The molecule has 2 aromatic rings. The smallest absolute Gasteiger partial charge is 0.265 e. The van der Waals surface area contributed by atoms with E-state index in [4.69, 9.17) is 14.7 Å². The van der Waals surface area contributed by atoms with Gasteiger partial charge in [-0.3, -0.25) is 9.59 Å². The summed E-state index contributed by atoms with van der Waals surface area (Å²) in [6, 6.07) is 13.4. The van der Waals surface area contributed by atoms with Crippen LogP contribution in [0.15, 0.2) is 42.5 Å². The van der Waals surface area contributed by atoms with Crippen LogP contribution in [-0.2, 0) is 4.79 Å². The van der Waals surface area contributed by atoms with Crippen LogP contribution in [0.5, 0.6) is 11.5 Å². The number of ketones is 1. The normalized spacial score (nSPS) is 11.2. The predicted octanol–water partition coefficient (Wildman–Crippen LogP) is 3.57. The highest BCUT2D eigenvalue weighted by atomic mass is 16.5. The maximum Gasteiger partial charge on any atom is 0.265 e. The van der Waals surface area contributed by atoms with E-state index in [9.17, 15) is 9.59 Å². The molecule has 6 nitrogen and oxygen atoms in total. The number of hydrogen-bond donors (Lipinski definition) is 1. The number of nitriles is 1. The Bertz CT molecular complexity index is 838. The fraction of sp³-hybridized carbons (Fsp3) is 0.250. The van der Waals surface area contributed by atoms with E-state index < -0.39 is 6.10 Å². The quantitative estimate of drug-likeness (QED) is 0.770. The van der Waals surface area contributed by atoms with Crippen molar-refractivity contribution >= 4 is 17.4 Å². The number of carbonyl (C=O) groups is 2. The standard InChI is InChI=1S/C20H20N2O4/c1-4-25-19-11-15(12-21)5-10-18(19)26-14(3)20(24)22-17-8-6-16(7-9-17)13(2)23/h5-11,14H,4H2,1-3H3,(H,22,24)/t14-/m0/s1. The van der Waals surface area contributed by atoms with Crippen LogP contribution in [0.3, 0.4) is 0 Å². The lowest BCUT2D eigenvalue weighted by Gasteiger charge is -2.17. The van der Waals surface area contributed by atoms with E-state index in [2.05, 4.69) is 5.32 Å². The first-order valence-corrected chi connectivity index (χ1v) is 8.20. The van der Waals surface area contributed by atoms with Crippen molar-refractivity contribution in [2.75, 3.05) is 11.9 Å². The summed E-state index contributed by atoms with van der Waals surface area (Å²) >= 11 is 0. The second-order valence-electron chi connectivity index (χ2n) is 5.59. The summed E-state index contributed by atoms with van der Waals surface area (Å²) in [6.45, 7) is 5.34. The highest BCUT2D eigenvalue weighted by Gasteiger charge is 2.17. The SMILES string of the molecule is CCOc1cc(C#N)ccc1O[C@@H](C)C(=O)Nc1ccc(C(C)=O)cc1. The fourth-order valence-corrected chi connectivity index (χ4v) is 2.22. The van der Waals surface area contributed by atoms with Crippen LogP contribution in [0.1, 0.15) is 36.7 Å². The van der Waals surface area contributed by atoms with Crippen molar-refractivity contribution in [1.82, 2.24) is 0 Å². The van der Waals surface area contributed by atoms with E-state index in [1.807, 2.05) is 13.0 Å². The number of amides is 1. The van der Waals surface area contributed by atoms with Crippen LogP contribution in [0, 0.1) is 11.3 Å². The number of benzene rings is 2. The molecular weight excluding hydrogens is 332 g/mol. The highest BCUT2D eigenvalue weighted by Crippen LogP contribution is 2.29. The zero-order valence-corrected chi connectivity index (χ0v) is 14.9. The fourth-order valence-electron chi connectivity index (χ4n) is 2.22. The third-order valence-corrected chi connectivity index (χ3v) is 3.60. The van der Waals surface area contributed by atoms with E-state index in [-0.39, 0.29) is 11.7 Å². The number of anilines is 1. The molecule has 0 radical (unpaired) electrons. The van der Waals surface area contributed by atoms with Crippen molar-refractivity contribution in [3.05, 3.63) is 53.6 Å². The second-order valence-corrected chi connectivity index (χ2v) is 5.59. The van der Waals surface area contributed by atoms with Gasteiger partial charge in [0, 0.05) is 17.3 Å². The lowest BCUT2D eigenvalue weighted by Crippen LogP contribution is -2.30. The summed E-state index contributed by atoms with van der Waals surface area (Å²) in [4.78, 5) is 23.6. The van der Waals surface area contributed by atoms with Gasteiger partial charge in [0.2, 0.25) is 0 Å². The molecule has 2 rings (SSSR count). The molecule has 0 bridgehead atoms. The summed E-state index contributed by atoms with van der Waals surface area (Å²) in [5.74, 6) is 0.425. The van der Waals surface area contributed by atoms with E-state index in [1.54, 1.807) is 49.4 Å². The molecule has 0 saturated heterocycles. The number of rotatable bonds is 7. The van der Waals surface area contributed by atoms with Crippen molar-refractivity contribution in [2.24, 2.45) is 0 Å². The Labute approximate surface area is 152 Å². The Hall–Kier alpha value is -3.33. The maximum atomic E-state index is 12.3. The second kappa shape index (κ2) is 8.67. The van der Waals surface area contributed by atoms with Gasteiger partial charge in [-0.25, -0.2) is 0 Å². The van der Waals surface area contributed by atoms with E-state index >= 15 is 0 Å². The molecule has 0 heterocycles. The van der Waals surface area contributed by atoms with E-state index in [1.165, 1.54) is 6.92 Å². The Morgan fingerprint density at radius 3 is 2.42 bits per heavy atom. The number of carbonyl (C=O) groups excluding carboxylic acids is 2. The van der Waals surface area contributed by atoms with Crippen LogP contribution in [-0.4, -0.2) is 24.4 Å². The molecule has 0 unspecified atom stereocenters.